The number of hydrogen-bond donors (Lipinski definition) is 0. The van der Waals surface area contributed by atoms with Crippen molar-refractivity contribution in [1.29, 1.82) is 0 Å². The highest BCUT2D eigenvalue weighted by Crippen LogP contribution is 2.42. The van der Waals surface area contributed by atoms with Crippen molar-refractivity contribution in [3.63, 3.8) is 0 Å². The quantitative estimate of drug-likeness (QED) is 0.157. The van der Waals surface area contributed by atoms with E-state index in [1.807, 2.05) is 0 Å². The van der Waals surface area contributed by atoms with Gasteiger partial charge < -0.3 is 9.32 Å². The van der Waals surface area contributed by atoms with Gasteiger partial charge in [-0.1, -0.05) is 164 Å². The summed E-state index contributed by atoms with van der Waals surface area (Å²) in [5.41, 5.74) is 12.1. The van der Waals surface area contributed by atoms with Crippen molar-refractivity contribution in [2.75, 3.05) is 4.90 Å². The third-order valence-electron chi connectivity index (χ3n) is 12.2. The van der Waals surface area contributed by atoms with Crippen LogP contribution in [0.3, 0.4) is 0 Å². The summed E-state index contributed by atoms with van der Waals surface area (Å²) in [5.74, 6) is 0. The molecule has 2 heteroatoms. The fourth-order valence-corrected chi connectivity index (χ4v) is 9.22. The van der Waals surface area contributed by atoms with Crippen molar-refractivity contribution in [1.82, 2.24) is 0 Å². The molecule has 60 heavy (non-hydrogen) atoms. The van der Waals surface area contributed by atoms with E-state index in [0.717, 1.165) is 55.5 Å². The summed E-state index contributed by atoms with van der Waals surface area (Å²) in [4.78, 5) is 2.37. The van der Waals surface area contributed by atoms with Gasteiger partial charge in [0.15, 0.2) is 0 Å². The highest BCUT2D eigenvalue weighted by molar-refractivity contribution is 6.19. The number of benzene rings is 11. The SMILES string of the molecule is c1cc(-c2ccc3ccccc3c2)cc(N(c2ccc(-c3ccc4c(ccc5ccccc54)c3)cc2)c2ccc(-c3cccc4oc5c6ccccc6ccc5c34)cc2)c1. The van der Waals surface area contributed by atoms with Crippen LogP contribution in [0, 0.1) is 0 Å². The maximum Gasteiger partial charge on any atom is 0.143 e. The van der Waals surface area contributed by atoms with Crippen LogP contribution in [0.5, 0.6) is 0 Å². The number of fused-ring (bicyclic) bond motifs is 9. The summed E-state index contributed by atoms with van der Waals surface area (Å²) in [5, 5.41) is 12.1. The smallest absolute Gasteiger partial charge is 0.143 e. The van der Waals surface area contributed by atoms with Gasteiger partial charge in [-0.3, -0.25) is 0 Å². The topological polar surface area (TPSA) is 16.4 Å². The van der Waals surface area contributed by atoms with Crippen LogP contribution >= 0.6 is 0 Å². The summed E-state index contributed by atoms with van der Waals surface area (Å²) in [7, 11) is 0. The molecule has 1 aromatic heterocycles. The van der Waals surface area contributed by atoms with Gasteiger partial charge in [-0.25, -0.2) is 0 Å². The molecule has 0 atom stereocenters. The Labute approximate surface area is 347 Å². The molecule has 0 bridgehead atoms. The largest absolute Gasteiger partial charge is 0.455 e. The predicted molar refractivity (Wildman–Crippen MR) is 255 cm³/mol. The van der Waals surface area contributed by atoms with E-state index in [4.69, 9.17) is 4.42 Å². The predicted octanol–water partition coefficient (Wildman–Crippen LogP) is 16.7. The number of rotatable bonds is 6. The molecule has 0 radical (unpaired) electrons. The standard InChI is InChI=1S/C58H37NO/c1-2-12-43-35-46(21-19-38(43)9-1)44-13-7-14-50(37-44)59(48-29-23-39(24-30-48)45-28-33-52-47(36-45)22-20-40-10-3-5-15-51(40)52)49-31-25-42(26-32-49)53-17-8-18-56-57(53)55-34-27-41-11-4-6-16-54(41)58(55)60-56/h1-37H. The lowest BCUT2D eigenvalue weighted by Gasteiger charge is -2.26. The molecule has 12 aromatic rings. The molecule has 12 rings (SSSR count). The Hall–Kier alpha value is -7.94. The van der Waals surface area contributed by atoms with Gasteiger partial charge in [0, 0.05) is 33.2 Å². The van der Waals surface area contributed by atoms with Crippen molar-refractivity contribution < 1.29 is 4.42 Å². The summed E-state index contributed by atoms with van der Waals surface area (Å²) >= 11 is 0. The minimum atomic E-state index is 0.898. The molecule has 280 valence electrons. The third-order valence-corrected chi connectivity index (χ3v) is 12.2. The molecule has 0 aliphatic rings. The molecule has 0 saturated heterocycles. The lowest BCUT2D eigenvalue weighted by Crippen LogP contribution is -2.10. The number of anilines is 3. The van der Waals surface area contributed by atoms with Crippen molar-refractivity contribution >= 4 is 82.1 Å². The zero-order valence-electron chi connectivity index (χ0n) is 32.7. The Bertz CT molecular complexity index is 3600. The Morgan fingerprint density at radius 1 is 0.283 bits per heavy atom. The molecular weight excluding hydrogens is 727 g/mol. The lowest BCUT2D eigenvalue weighted by atomic mass is 9.97. The van der Waals surface area contributed by atoms with E-state index in [9.17, 15) is 0 Å². The summed E-state index contributed by atoms with van der Waals surface area (Å²) in [6.45, 7) is 0. The average molecular weight is 764 g/mol. The van der Waals surface area contributed by atoms with E-state index in [-0.39, 0.29) is 0 Å². The van der Waals surface area contributed by atoms with Gasteiger partial charge in [0.1, 0.15) is 11.2 Å². The fraction of sp³-hybridized carbons (Fsp3) is 0. The summed E-state index contributed by atoms with van der Waals surface area (Å²) < 4.78 is 6.55. The van der Waals surface area contributed by atoms with Gasteiger partial charge in [0.25, 0.3) is 0 Å². The van der Waals surface area contributed by atoms with Crippen molar-refractivity contribution in [2.45, 2.75) is 0 Å². The second-order valence-electron chi connectivity index (χ2n) is 15.7. The summed E-state index contributed by atoms with van der Waals surface area (Å²) in [6, 6.07) is 81.3. The Kier molecular flexibility index (Phi) is 7.89. The number of hydrogen-bond acceptors (Lipinski definition) is 2. The van der Waals surface area contributed by atoms with Crippen LogP contribution in [0.1, 0.15) is 0 Å². The van der Waals surface area contributed by atoms with Crippen LogP contribution < -0.4 is 4.90 Å². The molecule has 0 aliphatic carbocycles. The zero-order valence-corrected chi connectivity index (χ0v) is 32.7. The van der Waals surface area contributed by atoms with Gasteiger partial charge in [-0.05, 0) is 132 Å². The normalized spacial score (nSPS) is 11.7. The number of furan rings is 1. The molecule has 2 nitrogen and oxygen atoms in total. The molecule has 0 spiro atoms. The first-order valence-electron chi connectivity index (χ1n) is 20.6. The van der Waals surface area contributed by atoms with E-state index in [1.54, 1.807) is 0 Å². The van der Waals surface area contributed by atoms with Crippen molar-refractivity contribution in [2.24, 2.45) is 0 Å². The van der Waals surface area contributed by atoms with Crippen LogP contribution in [0.25, 0.3) is 98.4 Å². The molecule has 0 unspecified atom stereocenters. The molecule has 11 aromatic carbocycles. The average Bonchev–Trinajstić information content (AvgIpc) is 3.72. The van der Waals surface area contributed by atoms with Crippen LogP contribution in [0.15, 0.2) is 229 Å². The minimum absolute atomic E-state index is 0.898. The molecule has 0 aliphatic heterocycles. The fourth-order valence-electron chi connectivity index (χ4n) is 9.22. The summed E-state index contributed by atoms with van der Waals surface area (Å²) in [6.07, 6.45) is 0. The van der Waals surface area contributed by atoms with Crippen LogP contribution in [0.2, 0.25) is 0 Å². The van der Waals surface area contributed by atoms with E-state index < -0.39 is 0 Å². The zero-order chi connectivity index (χ0) is 39.6. The second kappa shape index (κ2) is 13.9. The van der Waals surface area contributed by atoms with Gasteiger partial charge >= 0.3 is 0 Å². The molecular formula is C58H37NO. The first kappa shape index (κ1) is 34.1. The minimum Gasteiger partial charge on any atom is -0.455 e. The van der Waals surface area contributed by atoms with Gasteiger partial charge in [0.05, 0.1) is 0 Å². The monoisotopic (exact) mass is 763 g/mol. The van der Waals surface area contributed by atoms with E-state index in [1.165, 1.54) is 60.0 Å². The van der Waals surface area contributed by atoms with Crippen molar-refractivity contribution in [3.05, 3.63) is 224 Å². The first-order valence-corrected chi connectivity index (χ1v) is 20.6. The van der Waals surface area contributed by atoms with E-state index in [0.29, 0.717) is 0 Å². The van der Waals surface area contributed by atoms with Crippen LogP contribution in [0.4, 0.5) is 17.1 Å². The van der Waals surface area contributed by atoms with Gasteiger partial charge in [-0.2, -0.15) is 0 Å². The van der Waals surface area contributed by atoms with E-state index in [2.05, 4.69) is 229 Å². The Morgan fingerprint density at radius 2 is 0.817 bits per heavy atom. The molecule has 0 fully saturated rings. The Balaban J connectivity index is 0.957. The third kappa shape index (κ3) is 5.73. The second-order valence-corrected chi connectivity index (χ2v) is 15.7. The maximum absolute atomic E-state index is 6.55. The highest BCUT2D eigenvalue weighted by atomic mass is 16.3. The Morgan fingerprint density at radius 3 is 1.63 bits per heavy atom. The number of nitrogens with zero attached hydrogens (tertiary/aromatic N) is 1. The highest BCUT2D eigenvalue weighted by Gasteiger charge is 2.18. The van der Waals surface area contributed by atoms with Crippen LogP contribution in [-0.4, -0.2) is 0 Å². The molecule has 0 N–H and O–H groups in total. The van der Waals surface area contributed by atoms with Crippen LogP contribution in [-0.2, 0) is 0 Å². The molecule has 0 saturated carbocycles. The molecule has 1 heterocycles. The van der Waals surface area contributed by atoms with E-state index >= 15 is 0 Å². The molecule has 0 amide bonds. The van der Waals surface area contributed by atoms with Gasteiger partial charge in [0.2, 0.25) is 0 Å². The van der Waals surface area contributed by atoms with Crippen molar-refractivity contribution in [3.8, 4) is 33.4 Å². The maximum atomic E-state index is 6.55. The lowest BCUT2D eigenvalue weighted by molar-refractivity contribution is 0.673. The van der Waals surface area contributed by atoms with Gasteiger partial charge in [-0.15, -0.1) is 0 Å². The first-order chi connectivity index (χ1) is 29.7.